The molecule has 1 aromatic heterocycles. The minimum absolute atomic E-state index is 0.0307. The predicted molar refractivity (Wildman–Crippen MR) is 94.9 cm³/mol. The Balaban J connectivity index is 1.38. The smallest absolute Gasteiger partial charge is 0.250 e. The molecule has 1 aliphatic heterocycles. The van der Waals surface area contributed by atoms with Gasteiger partial charge in [0, 0.05) is 18.4 Å². The Morgan fingerprint density at radius 3 is 2.77 bits per heavy atom. The summed E-state index contributed by atoms with van der Waals surface area (Å²) in [5, 5.41) is 6.00. The first-order valence-corrected chi connectivity index (χ1v) is 9.65. The minimum atomic E-state index is -0.0307. The van der Waals surface area contributed by atoms with Crippen LogP contribution in [0.4, 0.5) is 0 Å². The Morgan fingerprint density at radius 1 is 1.27 bits per heavy atom. The number of benzene rings is 1. The lowest BCUT2D eigenvalue weighted by Gasteiger charge is -2.34. The van der Waals surface area contributed by atoms with Crippen molar-refractivity contribution >= 4 is 5.91 Å². The summed E-state index contributed by atoms with van der Waals surface area (Å²) in [4.78, 5) is 19.2. The normalized spacial score (nSPS) is 28.7. The molecule has 1 aromatic carbocycles. The van der Waals surface area contributed by atoms with Crippen LogP contribution in [0.3, 0.4) is 0 Å². The van der Waals surface area contributed by atoms with Gasteiger partial charge in [0.05, 0.1) is 17.7 Å². The van der Waals surface area contributed by atoms with Gasteiger partial charge >= 0.3 is 0 Å². The van der Waals surface area contributed by atoms with Crippen LogP contribution in [0.5, 0.6) is 0 Å². The molecule has 1 amide bonds. The van der Waals surface area contributed by atoms with Crippen molar-refractivity contribution in [2.24, 2.45) is 11.3 Å². The lowest BCUT2D eigenvalue weighted by Crippen LogP contribution is -2.39. The number of aryl methyl sites for hydroxylation is 1. The highest BCUT2D eigenvalue weighted by molar-refractivity contribution is 5.82. The summed E-state index contributed by atoms with van der Waals surface area (Å²) in [5.74, 6) is 1.16. The minimum Gasteiger partial charge on any atom is -0.361 e. The highest BCUT2D eigenvalue weighted by atomic mass is 16.7. The van der Waals surface area contributed by atoms with E-state index in [1.54, 1.807) is 5.06 Å². The molecule has 2 aliphatic carbocycles. The number of hydroxylamine groups is 2. The summed E-state index contributed by atoms with van der Waals surface area (Å²) in [7, 11) is 0. The van der Waals surface area contributed by atoms with E-state index in [1.807, 2.05) is 36.4 Å². The Hall–Kier alpha value is -2.14. The molecule has 1 saturated heterocycles. The second-order valence-electron chi connectivity index (χ2n) is 8.03. The van der Waals surface area contributed by atoms with E-state index >= 15 is 0 Å². The van der Waals surface area contributed by atoms with Gasteiger partial charge in [-0.2, -0.15) is 0 Å². The van der Waals surface area contributed by atoms with Gasteiger partial charge in [-0.05, 0) is 36.7 Å². The van der Waals surface area contributed by atoms with Gasteiger partial charge < -0.3 is 4.52 Å². The molecule has 5 rings (SSSR count). The third-order valence-corrected chi connectivity index (χ3v) is 6.52. The summed E-state index contributed by atoms with van der Waals surface area (Å²) < 4.78 is 5.42. The van der Waals surface area contributed by atoms with E-state index in [9.17, 15) is 4.79 Å². The first-order chi connectivity index (χ1) is 12.7. The standard InChI is InChI=1S/C21H24N2O3/c1-2-15-10-18(22-26-15)17-12-21(8-9-21)19-11-16(17)20(24)23(19)25-13-14-6-4-3-5-7-14/h3-7,10,16-17,19H,2,8-9,11-13H2,1H3/t16?,17-,19?/m1/s1. The molecule has 3 aliphatic rings. The second-order valence-corrected chi connectivity index (χ2v) is 8.03. The number of fused-ring (bicyclic) bond motifs is 3. The summed E-state index contributed by atoms with van der Waals surface area (Å²) in [6, 6.07) is 12.3. The molecule has 136 valence electrons. The average molecular weight is 352 g/mol. The van der Waals surface area contributed by atoms with E-state index in [-0.39, 0.29) is 29.2 Å². The number of hydrogen-bond donors (Lipinski definition) is 0. The van der Waals surface area contributed by atoms with Crippen molar-refractivity contribution in [1.29, 1.82) is 0 Å². The number of rotatable bonds is 5. The molecule has 3 atom stereocenters. The predicted octanol–water partition coefficient (Wildman–Crippen LogP) is 3.85. The van der Waals surface area contributed by atoms with Crippen molar-refractivity contribution in [3.05, 3.63) is 53.4 Å². The fourth-order valence-corrected chi connectivity index (χ4v) is 4.86. The summed E-state index contributed by atoms with van der Waals surface area (Å²) in [6.45, 7) is 2.50. The summed E-state index contributed by atoms with van der Waals surface area (Å²) in [6.07, 6.45) is 5.09. The largest absolute Gasteiger partial charge is 0.361 e. The van der Waals surface area contributed by atoms with Gasteiger partial charge in [0.15, 0.2) is 0 Å². The quantitative estimate of drug-likeness (QED) is 0.820. The van der Waals surface area contributed by atoms with Gasteiger partial charge in [0.2, 0.25) is 5.91 Å². The molecule has 1 spiro atoms. The van der Waals surface area contributed by atoms with Gasteiger partial charge in [-0.1, -0.05) is 42.4 Å². The summed E-state index contributed by atoms with van der Waals surface area (Å²) in [5.41, 5.74) is 2.26. The Labute approximate surface area is 153 Å². The maximum atomic E-state index is 13.1. The van der Waals surface area contributed by atoms with Crippen LogP contribution >= 0.6 is 0 Å². The second kappa shape index (κ2) is 5.95. The third kappa shape index (κ3) is 2.49. The zero-order valence-electron chi connectivity index (χ0n) is 15.1. The van der Waals surface area contributed by atoms with Gasteiger partial charge in [0.25, 0.3) is 0 Å². The van der Waals surface area contributed by atoms with Crippen molar-refractivity contribution in [3.63, 3.8) is 0 Å². The number of nitrogens with zero attached hydrogens (tertiary/aromatic N) is 2. The Morgan fingerprint density at radius 2 is 2.08 bits per heavy atom. The van der Waals surface area contributed by atoms with E-state index < -0.39 is 0 Å². The van der Waals surface area contributed by atoms with Crippen LogP contribution < -0.4 is 0 Å². The van der Waals surface area contributed by atoms with Crippen LogP contribution in [0.15, 0.2) is 40.9 Å². The molecule has 5 heteroatoms. The zero-order valence-corrected chi connectivity index (χ0v) is 15.1. The molecule has 2 saturated carbocycles. The van der Waals surface area contributed by atoms with Crippen molar-refractivity contribution in [1.82, 2.24) is 10.2 Å². The number of hydrogen-bond acceptors (Lipinski definition) is 4. The Kier molecular flexibility index (Phi) is 3.67. The highest BCUT2D eigenvalue weighted by Crippen LogP contribution is 2.65. The lowest BCUT2D eigenvalue weighted by molar-refractivity contribution is -0.201. The van der Waals surface area contributed by atoms with Crippen LogP contribution in [0.25, 0.3) is 0 Å². The maximum absolute atomic E-state index is 13.1. The van der Waals surface area contributed by atoms with Crippen molar-refractivity contribution in [2.75, 3.05) is 0 Å². The average Bonchev–Trinajstić information content (AvgIpc) is 3.16. The highest BCUT2D eigenvalue weighted by Gasteiger charge is 2.64. The summed E-state index contributed by atoms with van der Waals surface area (Å²) >= 11 is 0. The third-order valence-electron chi connectivity index (χ3n) is 6.52. The van der Waals surface area contributed by atoms with E-state index in [0.29, 0.717) is 6.61 Å². The molecule has 2 bridgehead atoms. The topological polar surface area (TPSA) is 55.6 Å². The fourth-order valence-electron chi connectivity index (χ4n) is 4.86. The SMILES string of the molecule is CCc1cc([C@@H]2CC3(CC3)C3CC2C(=O)N3OCc2ccccc2)no1. The molecular formula is C21H24N2O3. The van der Waals surface area contributed by atoms with Gasteiger partial charge in [-0.25, -0.2) is 5.06 Å². The molecule has 0 N–H and O–H groups in total. The molecule has 5 nitrogen and oxygen atoms in total. The zero-order chi connectivity index (χ0) is 17.7. The van der Waals surface area contributed by atoms with Crippen LogP contribution in [0.2, 0.25) is 0 Å². The van der Waals surface area contributed by atoms with Crippen molar-refractivity contribution in [2.45, 2.75) is 57.6 Å². The fraction of sp³-hybridized carbons (Fsp3) is 0.524. The maximum Gasteiger partial charge on any atom is 0.250 e. The van der Waals surface area contributed by atoms with Gasteiger partial charge in [-0.15, -0.1) is 0 Å². The van der Waals surface area contributed by atoms with E-state index in [2.05, 4.69) is 12.1 Å². The van der Waals surface area contributed by atoms with Crippen LogP contribution in [0, 0.1) is 11.3 Å². The van der Waals surface area contributed by atoms with Crippen LogP contribution in [-0.4, -0.2) is 22.2 Å². The number of carbonyl (C=O) groups excluding carboxylic acids is 1. The van der Waals surface area contributed by atoms with Gasteiger partial charge in [0.1, 0.15) is 12.4 Å². The lowest BCUT2D eigenvalue weighted by atomic mass is 9.71. The molecule has 2 unspecified atom stereocenters. The molecule has 3 fully saturated rings. The van der Waals surface area contributed by atoms with E-state index in [1.165, 1.54) is 12.8 Å². The van der Waals surface area contributed by atoms with E-state index in [4.69, 9.17) is 9.36 Å². The number of aromatic nitrogens is 1. The van der Waals surface area contributed by atoms with Crippen molar-refractivity contribution < 1.29 is 14.2 Å². The van der Waals surface area contributed by atoms with Crippen LogP contribution in [-0.2, 0) is 22.7 Å². The molecule has 2 heterocycles. The number of carbonyl (C=O) groups is 1. The molecular weight excluding hydrogens is 328 g/mol. The van der Waals surface area contributed by atoms with E-state index in [0.717, 1.165) is 36.3 Å². The first kappa shape index (κ1) is 16.1. The first-order valence-electron chi connectivity index (χ1n) is 9.65. The van der Waals surface area contributed by atoms with Gasteiger partial charge in [-0.3, -0.25) is 9.63 Å². The monoisotopic (exact) mass is 352 g/mol. The van der Waals surface area contributed by atoms with Crippen LogP contribution in [0.1, 0.15) is 55.5 Å². The molecule has 26 heavy (non-hydrogen) atoms. The molecule has 2 aromatic rings. The Bertz CT molecular complexity index is 812. The van der Waals surface area contributed by atoms with Crippen molar-refractivity contribution in [3.8, 4) is 0 Å². The molecule has 0 radical (unpaired) electrons. The number of amides is 1.